The van der Waals surface area contributed by atoms with Crippen molar-refractivity contribution in [3.05, 3.63) is 23.2 Å². The molecule has 1 aromatic carbocycles. The second-order valence-electron chi connectivity index (χ2n) is 5.77. The van der Waals surface area contributed by atoms with Crippen molar-refractivity contribution >= 4 is 28.9 Å². The molecular weight excluding hydrogens is 286 g/mol. The average Bonchev–Trinajstić information content (AvgIpc) is 2.65. The number of halogens is 1. The van der Waals surface area contributed by atoms with Gasteiger partial charge in [-0.1, -0.05) is 24.4 Å². The van der Waals surface area contributed by atoms with Gasteiger partial charge in [-0.15, -0.1) is 0 Å². The molecule has 4 nitrogen and oxygen atoms in total. The van der Waals surface area contributed by atoms with Crippen molar-refractivity contribution in [2.75, 3.05) is 24.1 Å². The molecule has 0 aromatic heterocycles. The Morgan fingerprint density at radius 2 is 2.24 bits per heavy atom. The molecule has 1 unspecified atom stereocenters. The molecule has 1 aliphatic heterocycles. The summed E-state index contributed by atoms with van der Waals surface area (Å²) >= 11 is 5.87. The molecule has 1 fully saturated rings. The Kier molecular flexibility index (Phi) is 5.88. The van der Waals surface area contributed by atoms with Gasteiger partial charge in [0, 0.05) is 24.7 Å². The largest absolute Gasteiger partial charge is 0.397 e. The van der Waals surface area contributed by atoms with Crippen LogP contribution in [0.15, 0.2) is 18.2 Å². The highest BCUT2D eigenvalue weighted by Crippen LogP contribution is 2.22. The van der Waals surface area contributed by atoms with Crippen LogP contribution >= 0.6 is 11.6 Å². The summed E-state index contributed by atoms with van der Waals surface area (Å²) in [5.74, 6) is 0.0215. The second-order valence-corrected chi connectivity index (χ2v) is 6.18. The number of likely N-dealkylation sites (tertiary alicyclic amines) is 1. The summed E-state index contributed by atoms with van der Waals surface area (Å²) in [6, 6.07) is 5.73. The minimum atomic E-state index is 0.0215. The van der Waals surface area contributed by atoms with Crippen molar-refractivity contribution in [3.63, 3.8) is 0 Å². The third-order valence-electron chi connectivity index (χ3n) is 4.10. The van der Waals surface area contributed by atoms with Gasteiger partial charge in [0.25, 0.3) is 0 Å². The van der Waals surface area contributed by atoms with E-state index < -0.39 is 0 Å². The first-order valence-corrected chi connectivity index (χ1v) is 8.03. The van der Waals surface area contributed by atoms with Gasteiger partial charge in [-0.2, -0.15) is 0 Å². The third-order valence-corrected chi connectivity index (χ3v) is 4.44. The molecule has 0 spiro atoms. The number of rotatable bonds is 4. The van der Waals surface area contributed by atoms with Crippen LogP contribution in [0.1, 0.15) is 39.0 Å². The predicted octanol–water partition coefficient (Wildman–Crippen LogP) is 3.52. The van der Waals surface area contributed by atoms with Crippen LogP contribution in [-0.4, -0.2) is 29.9 Å². The molecule has 1 aliphatic rings. The zero-order valence-corrected chi connectivity index (χ0v) is 13.3. The van der Waals surface area contributed by atoms with E-state index in [4.69, 9.17) is 17.3 Å². The zero-order valence-electron chi connectivity index (χ0n) is 12.6. The summed E-state index contributed by atoms with van der Waals surface area (Å²) < 4.78 is 0. The van der Waals surface area contributed by atoms with Crippen molar-refractivity contribution in [1.29, 1.82) is 0 Å². The Balaban J connectivity index is 1.82. The molecule has 0 aliphatic carbocycles. The van der Waals surface area contributed by atoms with Gasteiger partial charge >= 0.3 is 0 Å². The summed E-state index contributed by atoms with van der Waals surface area (Å²) in [6.07, 6.45) is 5.58. The van der Waals surface area contributed by atoms with Crippen LogP contribution in [0.5, 0.6) is 0 Å². The van der Waals surface area contributed by atoms with Crippen LogP contribution in [0, 0.1) is 0 Å². The lowest BCUT2D eigenvalue weighted by Gasteiger charge is -2.26. The van der Waals surface area contributed by atoms with Gasteiger partial charge in [0.15, 0.2) is 0 Å². The highest BCUT2D eigenvalue weighted by Gasteiger charge is 2.17. The Bertz CT molecular complexity index is 492. The standard InChI is InChI=1S/C16H24ClN3O/c1-12-5-3-2-4-9-20(12)10-8-16(21)19-13-6-7-14(17)15(18)11-13/h6-7,11-12H,2-5,8-10,18H2,1H3,(H,19,21). The number of benzene rings is 1. The van der Waals surface area contributed by atoms with Gasteiger partial charge in [0.1, 0.15) is 0 Å². The monoisotopic (exact) mass is 309 g/mol. The Morgan fingerprint density at radius 1 is 1.43 bits per heavy atom. The molecule has 5 heteroatoms. The summed E-state index contributed by atoms with van der Waals surface area (Å²) in [5.41, 5.74) is 6.91. The van der Waals surface area contributed by atoms with Gasteiger partial charge in [0.2, 0.25) is 5.91 Å². The second kappa shape index (κ2) is 7.66. The van der Waals surface area contributed by atoms with E-state index in [9.17, 15) is 4.79 Å². The van der Waals surface area contributed by atoms with Gasteiger partial charge in [-0.25, -0.2) is 0 Å². The van der Waals surface area contributed by atoms with E-state index in [-0.39, 0.29) is 5.91 Å². The topological polar surface area (TPSA) is 58.4 Å². The fraction of sp³-hybridized carbons (Fsp3) is 0.562. The van der Waals surface area contributed by atoms with Gasteiger partial charge in [-0.05, 0) is 44.5 Å². The number of hydrogen-bond acceptors (Lipinski definition) is 3. The number of amides is 1. The molecule has 3 N–H and O–H groups in total. The minimum Gasteiger partial charge on any atom is -0.397 e. The van der Waals surface area contributed by atoms with Gasteiger partial charge in [0.05, 0.1) is 10.7 Å². The van der Waals surface area contributed by atoms with E-state index in [1.54, 1.807) is 18.2 Å². The molecule has 1 amide bonds. The van der Waals surface area contributed by atoms with Crippen molar-refractivity contribution < 1.29 is 4.79 Å². The summed E-state index contributed by atoms with van der Waals surface area (Å²) in [4.78, 5) is 14.5. The van der Waals surface area contributed by atoms with Crippen LogP contribution in [0.4, 0.5) is 11.4 Å². The van der Waals surface area contributed by atoms with Crippen LogP contribution in [0.25, 0.3) is 0 Å². The maximum absolute atomic E-state index is 12.0. The fourth-order valence-corrected chi connectivity index (χ4v) is 2.87. The van der Waals surface area contributed by atoms with Crippen LogP contribution in [0.3, 0.4) is 0 Å². The Hall–Kier alpha value is -1.26. The summed E-state index contributed by atoms with van der Waals surface area (Å²) in [7, 11) is 0. The molecule has 1 atom stereocenters. The molecule has 0 saturated carbocycles. The van der Waals surface area contributed by atoms with Crippen molar-refractivity contribution in [2.45, 2.75) is 45.1 Å². The molecule has 0 bridgehead atoms. The van der Waals surface area contributed by atoms with E-state index in [1.165, 1.54) is 25.7 Å². The van der Waals surface area contributed by atoms with Crippen molar-refractivity contribution in [1.82, 2.24) is 4.90 Å². The first kappa shape index (κ1) is 16.1. The lowest BCUT2D eigenvalue weighted by atomic mass is 10.1. The number of nitrogens with zero attached hydrogens (tertiary/aromatic N) is 1. The molecule has 1 saturated heterocycles. The molecular formula is C16H24ClN3O. The number of carbonyl (C=O) groups is 1. The maximum Gasteiger partial charge on any atom is 0.225 e. The van der Waals surface area contributed by atoms with E-state index >= 15 is 0 Å². The fourth-order valence-electron chi connectivity index (χ4n) is 2.76. The van der Waals surface area contributed by atoms with Crippen LogP contribution in [0.2, 0.25) is 5.02 Å². The van der Waals surface area contributed by atoms with Crippen molar-refractivity contribution in [2.24, 2.45) is 0 Å². The number of hydrogen-bond donors (Lipinski definition) is 2. The number of nitrogens with one attached hydrogen (secondary N) is 1. The Labute approximate surface area is 131 Å². The number of nitrogens with two attached hydrogens (primary N) is 1. The number of nitrogen functional groups attached to an aromatic ring is 1. The molecule has 0 radical (unpaired) electrons. The van der Waals surface area contributed by atoms with Crippen LogP contribution < -0.4 is 11.1 Å². The molecule has 1 aromatic rings. The zero-order chi connectivity index (χ0) is 15.2. The highest BCUT2D eigenvalue weighted by molar-refractivity contribution is 6.33. The van der Waals surface area contributed by atoms with E-state index in [0.717, 1.165) is 13.1 Å². The smallest absolute Gasteiger partial charge is 0.225 e. The Morgan fingerprint density at radius 3 is 3.00 bits per heavy atom. The predicted molar refractivity (Wildman–Crippen MR) is 88.6 cm³/mol. The average molecular weight is 310 g/mol. The SMILES string of the molecule is CC1CCCCCN1CCC(=O)Nc1ccc(Cl)c(N)c1. The minimum absolute atomic E-state index is 0.0215. The molecule has 2 rings (SSSR count). The lowest BCUT2D eigenvalue weighted by Crippen LogP contribution is -2.35. The highest BCUT2D eigenvalue weighted by atomic mass is 35.5. The normalized spacial score (nSPS) is 20.0. The number of anilines is 2. The first-order valence-electron chi connectivity index (χ1n) is 7.65. The molecule has 116 valence electrons. The molecule has 1 heterocycles. The summed E-state index contributed by atoms with van der Waals surface area (Å²) in [6.45, 7) is 4.17. The third kappa shape index (κ3) is 4.90. The van der Waals surface area contributed by atoms with Gasteiger partial charge in [-0.3, -0.25) is 4.79 Å². The quantitative estimate of drug-likeness (QED) is 0.837. The van der Waals surface area contributed by atoms with Crippen LogP contribution in [-0.2, 0) is 4.79 Å². The van der Waals surface area contributed by atoms with E-state index in [1.807, 2.05) is 0 Å². The van der Waals surface area contributed by atoms with E-state index in [0.29, 0.717) is 28.9 Å². The summed E-state index contributed by atoms with van der Waals surface area (Å²) in [5, 5.41) is 3.38. The number of carbonyl (C=O) groups excluding carboxylic acids is 1. The first-order chi connectivity index (χ1) is 10.1. The maximum atomic E-state index is 12.0. The lowest BCUT2D eigenvalue weighted by molar-refractivity contribution is -0.116. The van der Waals surface area contributed by atoms with Crippen molar-refractivity contribution in [3.8, 4) is 0 Å². The van der Waals surface area contributed by atoms with Gasteiger partial charge < -0.3 is 16.0 Å². The molecule has 21 heavy (non-hydrogen) atoms. The van der Waals surface area contributed by atoms with E-state index in [2.05, 4.69) is 17.1 Å².